The summed E-state index contributed by atoms with van der Waals surface area (Å²) in [6.45, 7) is 0.247. The minimum absolute atomic E-state index is 0.0108. The number of fused-ring (bicyclic) bond motifs is 2. The summed E-state index contributed by atoms with van der Waals surface area (Å²) in [6, 6.07) is 16.9. The van der Waals surface area contributed by atoms with Crippen molar-refractivity contribution in [2.75, 3.05) is 33.1 Å². The fourth-order valence-electron chi connectivity index (χ4n) is 5.92. The number of nitrogens with one attached hydrogen (secondary N) is 1. The second kappa shape index (κ2) is 10.4. The van der Waals surface area contributed by atoms with Crippen LogP contribution in [0.25, 0.3) is 6.08 Å². The first-order valence-electron chi connectivity index (χ1n) is 12.7. The highest BCUT2D eigenvalue weighted by atomic mass is 16.5. The van der Waals surface area contributed by atoms with Crippen LogP contribution in [0.1, 0.15) is 22.6 Å². The zero-order chi connectivity index (χ0) is 28.6. The highest BCUT2D eigenvalue weighted by molar-refractivity contribution is 6.08. The highest BCUT2D eigenvalue weighted by Crippen LogP contribution is 2.57. The Kier molecular flexibility index (Phi) is 6.99. The maximum Gasteiger partial charge on any atom is 0.250 e. The molecule has 3 unspecified atom stereocenters. The van der Waals surface area contributed by atoms with Crippen molar-refractivity contribution in [3.8, 4) is 23.0 Å². The van der Waals surface area contributed by atoms with E-state index in [0.717, 1.165) is 11.6 Å². The molecular weight excluding hydrogens is 512 g/mol. The zero-order valence-corrected chi connectivity index (χ0v) is 22.3. The maximum atomic E-state index is 13.8. The number of ether oxygens (including phenoxy) is 2. The van der Waals surface area contributed by atoms with Gasteiger partial charge in [-0.05, 0) is 54.6 Å². The number of aliphatic hydroxyl groups is 1. The van der Waals surface area contributed by atoms with Crippen molar-refractivity contribution in [3.63, 3.8) is 0 Å². The minimum atomic E-state index is -1.19. The van der Waals surface area contributed by atoms with Crippen molar-refractivity contribution in [2.45, 2.75) is 11.5 Å². The number of nitrogens with zero attached hydrogens (tertiary/aromatic N) is 1. The topological polar surface area (TPSA) is 129 Å². The van der Waals surface area contributed by atoms with Crippen LogP contribution >= 0.6 is 0 Å². The quantitative estimate of drug-likeness (QED) is 0.197. The van der Waals surface area contributed by atoms with Crippen LogP contribution in [0.15, 0.2) is 78.6 Å². The Hall–Kier alpha value is -4.76. The number of allylic oxidation sites excluding steroid dienone is 2. The van der Waals surface area contributed by atoms with Crippen LogP contribution in [0.5, 0.6) is 23.0 Å². The van der Waals surface area contributed by atoms with Crippen LogP contribution in [0.3, 0.4) is 0 Å². The predicted molar refractivity (Wildman–Crippen MR) is 150 cm³/mol. The van der Waals surface area contributed by atoms with E-state index in [2.05, 4.69) is 5.32 Å². The number of amides is 1. The summed E-state index contributed by atoms with van der Waals surface area (Å²) in [5.74, 6) is -1.80. The first-order valence-corrected chi connectivity index (χ1v) is 12.7. The fourth-order valence-corrected chi connectivity index (χ4v) is 5.92. The highest BCUT2D eigenvalue weighted by Gasteiger charge is 2.63. The van der Waals surface area contributed by atoms with Gasteiger partial charge in [0.15, 0.2) is 28.8 Å². The first kappa shape index (κ1) is 26.8. The van der Waals surface area contributed by atoms with Crippen molar-refractivity contribution < 1.29 is 34.4 Å². The lowest BCUT2D eigenvalue weighted by molar-refractivity contribution is -0.126. The van der Waals surface area contributed by atoms with E-state index < -0.39 is 17.4 Å². The second-order valence-electron chi connectivity index (χ2n) is 9.90. The number of para-hydroxylation sites is 1. The molecule has 2 heterocycles. The Morgan fingerprint density at radius 3 is 2.42 bits per heavy atom. The van der Waals surface area contributed by atoms with Gasteiger partial charge in [0.25, 0.3) is 0 Å². The molecule has 0 aliphatic carbocycles. The average molecular weight is 543 g/mol. The molecule has 1 saturated heterocycles. The number of aliphatic hydroxyl groups excluding tert-OH is 1. The molecule has 1 spiro atoms. The molecule has 2 aliphatic heterocycles. The van der Waals surface area contributed by atoms with E-state index in [9.17, 15) is 24.9 Å². The summed E-state index contributed by atoms with van der Waals surface area (Å²) in [6.07, 6.45) is 4.13. The maximum absolute atomic E-state index is 13.8. The van der Waals surface area contributed by atoms with Crippen LogP contribution in [0, 0.1) is 5.92 Å². The molecular formula is C31H30N2O7. The molecule has 3 atom stereocenters. The van der Waals surface area contributed by atoms with Gasteiger partial charge in [-0.1, -0.05) is 36.4 Å². The molecule has 0 saturated carbocycles. The monoisotopic (exact) mass is 542 g/mol. The lowest BCUT2D eigenvalue weighted by Crippen LogP contribution is -2.48. The van der Waals surface area contributed by atoms with Crippen LogP contribution in [-0.4, -0.2) is 59.7 Å². The second-order valence-corrected chi connectivity index (χ2v) is 9.90. The third-order valence-corrected chi connectivity index (χ3v) is 7.73. The summed E-state index contributed by atoms with van der Waals surface area (Å²) < 4.78 is 10.5. The van der Waals surface area contributed by atoms with Gasteiger partial charge >= 0.3 is 0 Å². The van der Waals surface area contributed by atoms with E-state index in [4.69, 9.17) is 9.47 Å². The molecule has 1 fully saturated rings. The van der Waals surface area contributed by atoms with Gasteiger partial charge in [0.2, 0.25) is 5.91 Å². The summed E-state index contributed by atoms with van der Waals surface area (Å²) in [4.78, 5) is 29.4. The molecule has 1 amide bonds. The Labute approximate surface area is 231 Å². The lowest BCUT2D eigenvalue weighted by atomic mass is 9.71. The zero-order valence-electron chi connectivity index (χ0n) is 22.3. The Morgan fingerprint density at radius 2 is 1.70 bits per heavy atom. The number of hydrogen-bond donors (Lipinski definition) is 4. The van der Waals surface area contributed by atoms with Crippen molar-refractivity contribution in [1.82, 2.24) is 4.90 Å². The van der Waals surface area contributed by atoms with Crippen molar-refractivity contribution in [2.24, 2.45) is 5.92 Å². The molecule has 0 aromatic heterocycles. The summed E-state index contributed by atoms with van der Waals surface area (Å²) in [5.41, 5.74) is 1.53. The van der Waals surface area contributed by atoms with Gasteiger partial charge in [0.1, 0.15) is 11.3 Å². The number of benzene rings is 3. The molecule has 4 N–H and O–H groups in total. The van der Waals surface area contributed by atoms with Crippen molar-refractivity contribution in [3.05, 3.63) is 95.3 Å². The van der Waals surface area contributed by atoms with Gasteiger partial charge in [0, 0.05) is 35.7 Å². The summed E-state index contributed by atoms with van der Waals surface area (Å²) >= 11 is 0. The number of carbonyl (C=O) groups is 2. The third kappa shape index (κ3) is 4.34. The van der Waals surface area contributed by atoms with Crippen LogP contribution in [-0.2, 0) is 15.1 Å². The van der Waals surface area contributed by atoms with E-state index in [1.54, 1.807) is 37.4 Å². The normalized spacial score (nSPS) is 22.5. The van der Waals surface area contributed by atoms with Gasteiger partial charge < -0.3 is 30.1 Å². The van der Waals surface area contributed by atoms with Gasteiger partial charge in [-0.3, -0.25) is 14.5 Å². The van der Waals surface area contributed by atoms with E-state index in [0.29, 0.717) is 16.8 Å². The molecule has 206 valence electrons. The number of phenols is 2. The van der Waals surface area contributed by atoms with Gasteiger partial charge in [-0.25, -0.2) is 0 Å². The Morgan fingerprint density at radius 1 is 1.02 bits per heavy atom. The van der Waals surface area contributed by atoms with Gasteiger partial charge in [-0.2, -0.15) is 0 Å². The fraction of sp³-hybridized carbons (Fsp3) is 0.226. The first-order chi connectivity index (χ1) is 19.2. The standard InChI is InChI=1S/C31H30N2O7/c1-33-17-21(26(37)16-20(34)11-8-18-9-12-24(35)27(14-18)39-2)29(19-10-13-25(36)28(15-19)40-3)31(33)22-6-4-5-7-23(22)32-30(31)38/h4-16,21,29,34-36H,17H2,1-3H3,(H,32,38)/b11-8+,20-16-. The van der Waals surface area contributed by atoms with Crippen LogP contribution in [0.2, 0.25) is 0 Å². The van der Waals surface area contributed by atoms with Gasteiger partial charge in [-0.15, -0.1) is 0 Å². The molecule has 3 aromatic rings. The largest absolute Gasteiger partial charge is 0.508 e. The predicted octanol–water partition coefficient (Wildman–Crippen LogP) is 4.33. The number of hydrogen-bond acceptors (Lipinski definition) is 8. The number of likely N-dealkylation sites (tertiary alicyclic amines) is 1. The number of anilines is 1. The summed E-state index contributed by atoms with van der Waals surface area (Å²) in [7, 11) is 4.68. The number of methoxy groups -OCH3 is 2. The molecule has 3 aromatic carbocycles. The van der Waals surface area contributed by atoms with E-state index in [-0.39, 0.29) is 47.0 Å². The number of phenolic OH excluding ortho intramolecular Hbond substituents is 2. The molecule has 0 bridgehead atoms. The smallest absolute Gasteiger partial charge is 0.250 e. The van der Waals surface area contributed by atoms with Gasteiger partial charge in [0.05, 0.1) is 14.2 Å². The summed E-state index contributed by atoms with van der Waals surface area (Å²) in [5, 5.41) is 33.7. The number of ketones is 1. The molecule has 40 heavy (non-hydrogen) atoms. The number of likely N-dealkylation sites (N-methyl/N-ethyl adjacent to an activating group) is 1. The van der Waals surface area contributed by atoms with E-state index in [1.807, 2.05) is 29.2 Å². The molecule has 0 radical (unpaired) electrons. The number of aromatic hydroxyl groups is 2. The van der Waals surface area contributed by atoms with Crippen LogP contribution < -0.4 is 14.8 Å². The Bertz CT molecular complexity index is 1550. The molecule has 5 rings (SSSR count). The lowest BCUT2D eigenvalue weighted by Gasteiger charge is -2.36. The third-order valence-electron chi connectivity index (χ3n) is 7.73. The molecule has 9 nitrogen and oxygen atoms in total. The van der Waals surface area contributed by atoms with E-state index >= 15 is 0 Å². The SMILES string of the molecule is COc1cc(/C=C/C(O)=C/C(=O)C2CN(C)C3(C(=O)Nc4ccccc43)C2c2ccc(O)c(OC)c2)ccc1O. The molecule has 9 heteroatoms. The average Bonchev–Trinajstić information content (AvgIpc) is 3.42. The Balaban J connectivity index is 1.55. The number of rotatable bonds is 7. The van der Waals surface area contributed by atoms with Crippen molar-refractivity contribution >= 4 is 23.5 Å². The van der Waals surface area contributed by atoms with Crippen molar-refractivity contribution in [1.29, 1.82) is 0 Å². The van der Waals surface area contributed by atoms with E-state index in [1.165, 1.54) is 32.4 Å². The molecule has 2 aliphatic rings. The van der Waals surface area contributed by atoms with Crippen LogP contribution in [0.4, 0.5) is 5.69 Å². The minimum Gasteiger partial charge on any atom is -0.508 e. The number of carbonyl (C=O) groups excluding carboxylic acids is 2.